The number of rotatable bonds is 4. The van der Waals surface area contributed by atoms with Crippen molar-refractivity contribution in [2.75, 3.05) is 18.4 Å². The lowest BCUT2D eigenvalue weighted by Crippen LogP contribution is -2.36. The molecule has 0 atom stereocenters. The van der Waals surface area contributed by atoms with E-state index in [1.54, 1.807) is 6.20 Å². The van der Waals surface area contributed by atoms with Crippen LogP contribution < -0.4 is 5.32 Å². The van der Waals surface area contributed by atoms with E-state index in [2.05, 4.69) is 15.2 Å². The van der Waals surface area contributed by atoms with Crippen molar-refractivity contribution in [3.8, 4) is 0 Å². The summed E-state index contributed by atoms with van der Waals surface area (Å²) in [4.78, 5) is 18.6. The SMILES string of the molecule is O=C(CC1CCN(C2CC2)CC1)Nc1ccccn1. The maximum Gasteiger partial charge on any atom is 0.225 e. The van der Waals surface area contributed by atoms with Gasteiger partial charge >= 0.3 is 0 Å². The minimum Gasteiger partial charge on any atom is -0.311 e. The molecule has 0 unspecified atom stereocenters. The van der Waals surface area contributed by atoms with Gasteiger partial charge in [-0.25, -0.2) is 4.98 Å². The van der Waals surface area contributed by atoms with Gasteiger partial charge in [0.2, 0.25) is 5.91 Å². The third kappa shape index (κ3) is 3.53. The van der Waals surface area contributed by atoms with E-state index in [1.807, 2.05) is 18.2 Å². The second-order valence-corrected chi connectivity index (χ2v) is 5.68. The molecule has 1 saturated heterocycles. The first-order valence-electron chi connectivity index (χ1n) is 7.26. The van der Waals surface area contributed by atoms with Gasteiger partial charge in [0.15, 0.2) is 0 Å². The predicted molar refractivity (Wildman–Crippen MR) is 74.8 cm³/mol. The number of hydrogen-bond acceptors (Lipinski definition) is 3. The van der Waals surface area contributed by atoms with E-state index in [1.165, 1.54) is 25.9 Å². The van der Waals surface area contributed by atoms with Gasteiger partial charge < -0.3 is 10.2 Å². The summed E-state index contributed by atoms with van der Waals surface area (Å²) in [5, 5.41) is 2.87. The van der Waals surface area contributed by atoms with Crippen molar-refractivity contribution < 1.29 is 4.79 Å². The number of aromatic nitrogens is 1. The van der Waals surface area contributed by atoms with Crippen LogP contribution in [0, 0.1) is 5.92 Å². The van der Waals surface area contributed by atoms with E-state index in [-0.39, 0.29) is 5.91 Å². The molecule has 1 amide bonds. The van der Waals surface area contributed by atoms with Gasteiger partial charge in [0.1, 0.15) is 5.82 Å². The molecule has 4 nitrogen and oxygen atoms in total. The molecule has 2 fully saturated rings. The Labute approximate surface area is 114 Å². The van der Waals surface area contributed by atoms with Crippen molar-refractivity contribution in [2.24, 2.45) is 5.92 Å². The van der Waals surface area contributed by atoms with Gasteiger partial charge in [-0.1, -0.05) is 6.07 Å². The Morgan fingerprint density at radius 3 is 2.68 bits per heavy atom. The molecule has 4 heteroatoms. The van der Waals surface area contributed by atoms with Gasteiger partial charge in [-0.15, -0.1) is 0 Å². The highest BCUT2D eigenvalue weighted by Gasteiger charge is 2.32. The first-order chi connectivity index (χ1) is 9.31. The topological polar surface area (TPSA) is 45.2 Å². The number of carbonyl (C=O) groups excluding carboxylic acids is 1. The number of pyridine rings is 1. The highest BCUT2D eigenvalue weighted by Crippen LogP contribution is 2.31. The molecular formula is C15H21N3O. The molecule has 0 spiro atoms. The van der Waals surface area contributed by atoms with Crippen molar-refractivity contribution in [3.05, 3.63) is 24.4 Å². The summed E-state index contributed by atoms with van der Waals surface area (Å²) in [5.41, 5.74) is 0. The second kappa shape index (κ2) is 5.70. The number of likely N-dealkylation sites (tertiary alicyclic amines) is 1. The van der Waals surface area contributed by atoms with Crippen molar-refractivity contribution in [2.45, 2.75) is 38.1 Å². The molecule has 1 aromatic heterocycles. The number of piperidine rings is 1. The van der Waals surface area contributed by atoms with Crippen LogP contribution >= 0.6 is 0 Å². The fourth-order valence-corrected chi connectivity index (χ4v) is 2.85. The van der Waals surface area contributed by atoms with E-state index in [9.17, 15) is 4.79 Å². The Hall–Kier alpha value is -1.42. The van der Waals surface area contributed by atoms with E-state index in [4.69, 9.17) is 0 Å². The average Bonchev–Trinajstić information content (AvgIpc) is 3.25. The van der Waals surface area contributed by atoms with Crippen LogP contribution in [0.2, 0.25) is 0 Å². The van der Waals surface area contributed by atoms with Gasteiger partial charge in [-0.05, 0) is 56.8 Å². The molecule has 2 heterocycles. The number of nitrogens with one attached hydrogen (secondary N) is 1. The second-order valence-electron chi connectivity index (χ2n) is 5.68. The summed E-state index contributed by atoms with van der Waals surface area (Å²) >= 11 is 0. The average molecular weight is 259 g/mol. The van der Waals surface area contributed by atoms with Crippen LogP contribution in [0.1, 0.15) is 32.1 Å². The lowest BCUT2D eigenvalue weighted by molar-refractivity contribution is -0.117. The summed E-state index contributed by atoms with van der Waals surface area (Å²) in [6.07, 6.45) is 7.41. The van der Waals surface area contributed by atoms with Crippen LogP contribution in [0.3, 0.4) is 0 Å². The molecule has 1 aromatic rings. The molecule has 1 aliphatic carbocycles. The Morgan fingerprint density at radius 2 is 2.05 bits per heavy atom. The molecule has 0 aromatic carbocycles. The Bertz CT molecular complexity index is 422. The van der Waals surface area contributed by atoms with Crippen LogP contribution in [0.15, 0.2) is 24.4 Å². The quantitative estimate of drug-likeness (QED) is 0.902. The zero-order chi connectivity index (χ0) is 13.1. The molecule has 102 valence electrons. The zero-order valence-corrected chi connectivity index (χ0v) is 11.2. The molecule has 0 bridgehead atoms. The van der Waals surface area contributed by atoms with Gasteiger partial charge in [0, 0.05) is 18.7 Å². The van der Waals surface area contributed by atoms with Gasteiger partial charge in [-0.2, -0.15) is 0 Å². The van der Waals surface area contributed by atoms with Crippen LogP contribution in [0.5, 0.6) is 0 Å². The predicted octanol–water partition coefficient (Wildman–Crippen LogP) is 2.28. The van der Waals surface area contributed by atoms with Crippen molar-refractivity contribution in [1.29, 1.82) is 0 Å². The van der Waals surface area contributed by atoms with Crippen molar-refractivity contribution >= 4 is 11.7 Å². The van der Waals surface area contributed by atoms with Crippen molar-refractivity contribution in [1.82, 2.24) is 9.88 Å². The number of carbonyl (C=O) groups is 1. The summed E-state index contributed by atoms with van der Waals surface area (Å²) in [6.45, 7) is 2.35. The molecule has 19 heavy (non-hydrogen) atoms. The van der Waals surface area contributed by atoms with E-state index < -0.39 is 0 Å². The number of nitrogens with zero attached hydrogens (tertiary/aromatic N) is 2. The Morgan fingerprint density at radius 1 is 1.26 bits per heavy atom. The number of hydrogen-bond donors (Lipinski definition) is 1. The van der Waals surface area contributed by atoms with E-state index >= 15 is 0 Å². The van der Waals surface area contributed by atoms with Crippen LogP contribution in [-0.2, 0) is 4.79 Å². The van der Waals surface area contributed by atoms with Gasteiger partial charge in [0.25, 0.3) is 0 Å². The first kappa shape index (κ1) is 12.6. The fraction of sp³-hybridized carbons (Fsp3) is 0.600. The summed E-state index contributed by atoms with van der Waals surface area (Å²) in [7, 11) is 0. The molecule has 1 saturated carbocycles. The van der Waals surface area contributed by atoms with Crippen LogP contribution in [0.25, 0.3) is 0 Å². The summed E-state index contributed by atoms with van der Waals surface area (Å²) in [6, 6.07) is 6.43. The Kier molecular flexibility index (Phi) is 3.78. The van der Waals surface area contributed by atoms with Crippen LogP contribution in [-0.4, -0.2) is 34.9 Å². The first-order valence-corrected chi connectivity index (χ1v) is 7.26. The van der Waals surface area contributed by atoms with Crippen LogP contribution in [0.4, 0.5) is 5.82 Å². The monoisotopic (exact) mass is 259 g/mol. The minimum atomic E-state index is 0.101. The minimum absolute atomic E-state index is 0.101. The van der Waals surface area contributed by atoms with Crippen molar-refractivity contribution in [3.63, 3.8) is 0 Å². The molecule has 1 N–H and O–H groups in total. The highest BCUT2D eigenvalue weighted by molar-refractivity contribution is 5.89. The number of anilines is 1. The lowest BCUT2D eigenvalue weighted by Gasteiger charge is -2.31. The smallest absolute Gasteiger partial charge is 0.225 e. The van der Waals surface area contributed by atoms with E-state index in [0.29, 0.717) is 18.2 Å². The summed E-state index contributed by atoms with van der Waals surface area (Å²) < 4.78 is 0. The zero-order valence-electron chi connectivity index (χ0n) is 11.2. The molecule has 0 radical (unpaired) electrons. The maximum atomic E-state index is 11.9. The molecule has 3 rings (SSSR count). The maximum absolute atomic E-state index is 11.9. The van der Waals surface area contributed by atoms with Gasteiger partial charge in [0.05, 0.1) is 0 Å². The summed E-state index contributed by atoms with van der Waals surface area (Å²) in [5.74, 6) is 1.30. The molecule has 2 aliphatic rings. The normalized spacial score (nSPS) is 21.3. The van der Waals surface area contributed by atoms with E-state index in [0.717, 1.165) is 18.9 Å². The number of amides is 1. The fourth-order valence-electron chi connectivity index (χ4n) is 2.85. The Balaban J connectivity index is 1.43. The highest BCUT2D eigenvalue weighted by atomic mass is 16.1. The standard InChI is InChI=1S/C15H21N3O/c19-15(17-14-3-1-2-8-16-14)11-12-6-9-18(10-7-12)13-4-5-13/h1-3,8,12-13H,4-7,9-11H2,(H,16,17,19). The third-order valence-electron chi connectivity index (χ3n) is 4.12. The lowest BCUT2D eigenvalue weighted by atomic mass is 9.93. The third-order valence-corrected chi connectivity index (χ3v) is 4.12. The van der Waals surface area contributed by atoms with Gasteiger partial charge in [-0.3, -0.25) is 4.79 Å². The molecular weight excluding hydrogens is 238 g/mol. The molecule has 1 aliphatic heterocycles. The largest absolute Gasteiger partial charge is 0.311 e.